The van der Waals surface area contributed by atoms with Crippen molar-refractivity contribution in [2.24, 2.45) is 22.0 Å². The fourth-order valence-corrected chi connectivity index (χ4v) is 10.3. The summed E-state index contributed by atoms with van der Waals surface area (Å²) in [5.74, 6) is -1.99. The maximum Gasteiger partial charge on any atom is 0.246 e. The third kappa shape index (κ3) is 11.4. The largest absolute Gasteiger partial charge is 0.382 e. The van der Waals surface area contributed by atoms with E-state index in [4.69, 9.17) is 10.5 Å². The molecule has 3 aromatic carbocycles. The molecule has 378 valence electrons. The molecule has 70 heavy (non-hydrogen) atoms. The number of likely N-dealkylation sites (tertiary alicyclic amines) is 1. The first-order valence-corrected chi connectivity index (χ1v) is 25.1. The summed E-state index contributed by atoms with van der Waals surface area (Å²) < 4.78 is 5.82. The van der Waals surface area contributed by atoms with Crippen molar-refractivity contribution in [1.29, 1.82) is 0 Å². The van der Waals surface area contributed by atoms with Gasteiger partial charge in [-0.3, -0.25) is 28.8 Å². The molecule has 1 saturated carbocycles. The molecule has 7 rings (SSSR count). The Labute approximate surface area is 414 Å². The second-order valence-corrected chi connectivity index (χ2v) is 22.3. The third-order valence-electron chi connectivity index (χ3n) is 15.1. The number of nitrogens with one attached hydrogen (secondary N) is 4. The van der Waals surface area contributed by atoms with Gasteiger partial charge in [-0.25, -0.2) is 0 Å². The highest BCUT2D eigenvalue weighted by molar-refractivity contribution is 5.95. The lowest BCUT2D eigenvalue weighted by Crippen LogP contribution is -2.60. The van der Waals surface area contributed by atoms with Gasteiger partial charge in [0, 0.05) is 39.2 Å². The molecule has 2 fully saturated rings. The Bertz CT molecular complexity index is 2390. The number of carbonyl (C=O) groups excluding carboxylic acids is 6. The maximum atomic E-state index is 15.6. The van der Waals surface area contributed by atoms with Crippen molar-refractivity contribution >= 4 is 35.4 Å². The first kappa shape index (κ1) is 52.2. The number of benzene rings is 3. The fraction of sp³-hybridized carbons (Fsp3) is 0.564. The maximum absolute atomic E-state index is 15.6. The van der Waals surface area contributed by atoms with Gasteiger partial charge in [-0.05, 0) is 91.1 Å². The summed E-state index contributed by atoms with van der Waals surface area (Å²) in [5.41, 5.74) is 9.31. The zero-order valence-electron chi connectivity index (χ0n) is 42.7. The molecule has 0 spiro atoms. The Kier molecular flexibility index (Phi) is 15.9. The van der Waals surface area contributed by atoms with E-state index in [2.05, 4.69) is 27.3 Å². The molecule has 0 bridgehead atoms. The molecule has 15 heteroatoms. The van der Waals surface area contributed by atoms with Crippen LogP contribution in [-0.2, 0) is 52.9 Å². The Balaban J connectivity index is 1.19. The monoisotopic (exact) mass is 961 g/mol. The fourth-order valence-electron chi connectivity index (χ4n) is 10.3. The summed E-state index contributed by atoms with van der Waals surface area (Å²) in [6.45, 7) is 13.5. The number of likely N-dealkylation sites (N-methyl/N-ethyl adjacent to an activating group) is 1. The minimum Gasteiger partial charge on any atom is -0.382 e. The van der Waals surface area contributed by atoms with Gasteiger partial charge in [0.2, 0.25) is 35.4 Å². The predicted molar refractivity (Wildman–Crippen MR) is 269 cm³/mol. The Morgan fingerprint density at radius 2 is 1.46 bits per heavy atom. The van der Waals surface area contributed by atoms with E-state index in [1.807, 2.05) is 114 Å². The van der Waals surface area contributed by atoms with E-state index >= 15 is 4.79 Å². The van der Waals surface area contributed by atoms with Gasteiger partial charge in [0.15, 0.2) is 0 Å². The average molecular weight is 961 g/mol. The molecule has 6 N–H and O–H groups in total. The number of hydrogen-bond acceptors (Lipinski definition) is 9. The second-order valence-electron chi connectivity index (χ2n) is 22.3. The molecule has 0 radical (unpaired) electrons. The number of carbonyl (C=O) groups is 6. The lowest BCUT2D eigenvalue weighted by Gasteiger charge is -2.43. The minimum absolute atomic E-state index is 0.0359. The number of aryl methyl sites for hydroxylation is 1. The topological polar surface area (TPSA) is 196 Å². The van der Waals surface area contributed by atoms with E-state index in [0.29, 0.717) is 12.8 Å². The highest BCUT2D eigenvalue weighted by atomic mass is 16.5. The van der Waals surface area contributed by atoms with Gasteiger partial charge in [0.25, 0.3) is 0 Å². The highest BCUT2D eigenvalue weighted by Crippen LogP contribution is 2.48. The molecule has 3 aromatic rings. The lowest BCUT2D eigenvalue weighted by atomic mass is 9.84. The van der Waals surface area contributed by atoms with Crippen LogP contribution in [0, 0.1) is 16.2 Å². The van der Waals surface area contributed by atoms with E-state index in [1.54, 1.807) is 30.9 Å². The van der Waals surface area contributed by atoms with Crippen LogP contribution >= 0.6 is 0 Å². The zero-order valence-corrected chi connectivity index (χ0v) is 42.7. The quantitative estimate of drug-likeness (QED) is 0.135. The molecule has 2 aliphatic heterocycles. The summed E-state index contributed by atoms with van der Waals surface area (Å²) in [4.78, 5) is 92.7. The number of amides is 6. The van der Waals surface area contributed by atoms with Gasteiger partial charge in [0.1, 0.15) is 18.1 Å². The van der Waals surface area contributed by atoms with E-state index < -0.39 is 64.4 Å². The van der Waals surface area contributed by atoms with Crippen molar-refractivity contribution in [3.05, 3.63) is 107 Å². The van der Waals surface area contributed by atoms with Crippen LogP contribution < -0.4 is 27.0 Å². The van der Waals surface area contributed by atoms with Gasteiger partial charge in [-0.15, -0.1) is 0 Å². The third-order valence-corrected chi connectivity index (χ3v) is 15.1. The summed E-state index contributed by atoms with van der Waals surface area (Å²) in [6, 6.07) is 19.7. The van der Waals surface area contributed by atoms with Crippen molar-refractivity contribution in [3.63, 3.8) is 0 Å². The summed E-state index contributed by atoms with van der Waals surface area (Å²) in [5, 5.41) is 12.4. The molecule has 8 atom stereocenters. The number of nitrogens with two attached hydrogens (primary N) is 1. The number of fused-ring (bicyclic) bond motifs is 2. The number of nitrogens with zero attached hydrogens (tertiary/aromatic N) is 3. The average Bonchev–Trinajstić information content (AvgIpc) is 4.02. The molecule has 0 aromatic heterocycles. The van der Waals surface area contributed by atoms with E-state index in [0.717, 1.165) is 41.5 Å². The van der Waals surface area contributed by atoms with Gasteiger partial charge in [-0.1, -0.05) is 120 Å². The molecule has 1 saturated heterocycles. The van der Waals surface area contributed by atoms with Crippen LogP contribution in [-0.4, -0.2) is 120 Å². The lowest BCUT2D eigenvalue weighted by molar-refractivity contribution is -0.152. The van der Waals surface area contributed by atoms with Crippen molar-refractivity contribution in [2.45, 2.75) is 148 Å². The van der Waals surface area contributed by atoms with Crippen molar-refractivity contribution in [3.8, 4) is 0 Å². The molecule has 15 nitrogen and oxygen atoms in total. The number of hydrogen-bond donors (Lipinski definition) is 5. The standard InChI is InChI=1S/C55H76N8O7/c1-34(57-8)47(64)60-46(54(5,6)7)51(68)62-31-39(29-42(62)48(65)59-41-25-17-23-35-18-15-16-24-40(35)41)58-52(69)55(26-27-55)33-63(44(32-70-9)36-19-11-10-12-20-36)49(66)43-28-37-21-13-14-22-38(37)30-61(43)50(67)45(56)53(2,3)4/h10-16,18-22,24,34,39,41-46,57H,17,23,25-33,56H2,1-9H3,(H,58,69)(H,59,65)(H,60,64)/t34?,39-,41+,42-,43?,44+,45?,46?/m0/s1. The number of methoxy groups -OCH3 is 1. The van der Waals surface area contributed by atoms with E-state index in [-0.39, 0.29) is 74.7 Å². The molecular formula is C55H76N8O7. The summed E-state index contributed by atoms with van der Waals surface area (Å²) in [7, 11) is 3.25. The highest BCUT2D eigenvalue weighted by Gasteiger charge is 2.55. The van der Waals surface area contributed by atoms with Gasteiger partial charge in [0.05, 0.1) is 36.2 Å². The predicted octanol–water partition coefficient (Wildman–Crippen LogP) is 4.73. The molecular weight excluding hydrogens is 885 g/mol. The smallest absolute Gasteiger partial charge is 0.246 e. The SMILES string of the molecule is CNC(C)C(=O)NC(C(=O)N1C[C@@H](NC(=O)C2(CN(C(=O)C3Cc4ccccc4CN3C(=O)C(N)C(C)(C)C)[C@H](COC)c3ccccc3)CC2)C[C@H]1C(=O)N[C@@H]1CCCc2ccccc21)C(C)(C)C. The molecule has 4 aliphatic rings. The van der Waals surface area contributed by atoms with Crippen molar-refractivity contribution in [2.75, 3.05) is 33.9 Å². The van der Waals surface area contributed by atoms with Gasteiger partial charge in [-0.2, -0.15) is 0 Å². The first-order valence-electron chi connectivity index (χ1n) is 25.1. The Morgan fingerprint density at radius 3 is 2.09 bits per heavy atom. The van der Waals surface area contributed by atoms with Crippen LogP contribution in [0.5, 0.6) is 0 Å². The number of ether oxygens (including phenoxy) is 1. The van der Waals surface area contributed by atoms with Crippen LogP contribution in [0.2, 0.25) is 0 Å². The van der Waals surface area contributed by atoms with Crippen LogP contribution in [0.4, 0.5) is 0 Å². The van der Waals surface area contributed by atoms with Crippen molar-refractivity contribution < 1.29 is 33.5 Å². The molecule has 2 heterocycles. The minimum atomic E-state index is -1.01. The second kappa shape index (κ2) is 21.4. The number of rotatable bonds is 16. The van der Waals surface area contributed by atoms with Crippen LogP contribution in [0.3, 0.4) is 0 Å². The Hall–Kier alpha value is -5.64. The molecule has 2 aliphatic carbocycles. The van der Waals surface area contributed by atoms with Gasteiger partial charge < -0.3 is 46.4 Å². The Morgan fingerprint density at radius 1 is 0.814 bits per heavy atom. The zero-order chi connectivity index (χ0) is 50.7. The first-order chi connectivity index (χ1) is 33.2. The van der Waals surface area contributed by atoms with Crippen LogP contribution in [0.1, 0.15) is 120 Å². The van der Waals surface area contributed by atoms with E-state index in [1.165, 1.54) is 10.5 Å². The van der Waals surface area contributed by atoms with E-state index in [9.17, 15) is 24.0 Å². The van der Waals surface area contributed by atoms with Crippen LogP contribution in [0.25, 0.3) is 0 Å². The van der Waals surface area contributed by atoms with Crippen LogP contribution in [0.15, 0.2) is 78.9 Å². The summed E-state index contributed by atoms with van der Waals surface area (Å²) >= 11 is 0. The summed E-state index contributed by atoms with van der Waals surface area (Å²) in [6.07, 6.45) is 3.97. The molecule has 6 amide bonds. The van der Waals surface area contributed by atoms with Gasteiger partial charge >= 0.3 is 0 Å². The normalized spacial score (nSPS) is 22.3. The van der Waals surface area contributed by atoms with Crippen molar-refractivity contribution in [1.82, 2.24) is 36.0 Å². The molecule has 4 unspecified atom stereocenters.